The van der Waals surface area contributed by atoms with Crippen LogP contribution in [-0.4, -0.2) is 10.8 Å². The topological polar surface area (TPSA) is 98.3 Å². The first-order valence-corrected chi connectivity index (χ1v) is 6.37. The maximum atomic E-state index is 12.3. The zero-order valence-corrected chi connectivity index (χ0v) is 11.5. The molecular formula is C15H15N3O3. The van der Waals surface area contributed by atoms with E-state index in [0.717, 1.165) is 5.56 Å². The number of nitrogens with two attached hydrogens (primary N) is 1. The number of hydrogen-bond acceptors (Lipinski definition) is 4. The van der Waals surface area contributed by atoms with Gasteiger partial charge in [-0.3, -0.25) is 14.9 Å². The molecule has 0 aliphatic rings. The maximum absolute atomic E-state index is 12.3. The number of anilines is 1. The van der Waals surface area contributed by atoms with E-state index in [2.05, 4.69) is 5.32 Å². The van der Waals surface area contributed by atoms with Crippen molar-refractivity contribution < 1.29 is 9.72 Å². The summed E-state index contributed by atoms with van der Waals surface area (Å²) in [6.45, 7) is 1.98. The van der Waals surface area contributed by atoms with Crippen LogP contribution in [0.15, 0.2) is 42.5 Å². The molecule has 2 aromatic carbocycles. The fraction of sp³-hybridized carbons (Fsp3) is 0.133. The third kappa shape index (κ3) is 3.24. The second kappa shape index (κ2) is 6.15. The van der Waals surface area contributed by atoms with Crippen molar-refractivity contribution >= 4 is 17.3 Å². The number of aryl methyl sites for hydroxylation is 1. The minimum absolute atomic E-state index is 0.0357. The van der Waals surface area contributed by atoms with Gasteiger partial charge in [0, 0.05) is 29.9 Å². The summed E-state index contributed by atoms with van der Waals surface area (Å²) in [5.41, 5.74) is 8.00. The quantitative estimate of drug-likeness (QED) is 0.666. The highest BCUT2D eigenvalue weighted by atomic mass is 16.6. The third-order valence-electron chi connectivity index (χ3n) is 3.15. The van der Waals surface area contributed by atoms with Crippen LogP contribution in [0.25, 0.3) is 0 Å². The first-order chi connectivity index (χ1) is 10.0. The molecule has 6 heteroatoms. The smallest absolute Gasteiger partial charge is 0.269 e. The minimum Gasteiger partial charge on any atom is -0.326 e. The Kier molecular flexibility index (Phi) is 4.30. The van der Waals surface area contributed by atoms with Crippen LogP contribution in [0.5, 0.6) is 0 Å². The van der Waals surface area contributed by atoms with Crippen LogP contribution in [0.2, 0.25) is 0 Å². The lowest BCUT2D eigenvalue weighted by atomic mass is 10.1. The van der Waals surface area contributed by atoms with E-state index in [1.54, 1.807) is 19.1 Å². The average Bonchev–Trinajstić information content (AvgIpc) is 2.47. The molecule has 21 heavy (non-hydrogen) atoms. The van der Waals surface area contributed by atoms with E-state index >= 15 is 0 Å². The molecular weight excluding hydrogens is 270 g/mol. The van der Waals surface area contributed by atoms with Crippen LogP contribution in [0.4, 0.5) is 11.4 Å². The van der Waals surface area contributed by atoms with Crippen molar-refractivity contribution in [3.63, 3.8) is 0 Å². The third-order valence-corrected chi connectivity index (χ3v) is 3.15. The Labute approximate surface area is 121 Å². The molecule has 0 aliphatic carbocycles. The molecule has 0 radical (unpaired) electrons. The van der Waals surface area contributed by atoms with Crippen molar-refractivity contribution in [2.45, 2.75) is 13.5 Å². The summed E-state index contributed by atoms with van der Waals surface area (Å²) < 4.78 is 0. The lowest BCUT2D eigenvalue weighted by Gasteiger charge is -2.11. The van der Waals surface area contributed by atoms with Crippen LogP contribution in [0, 0.1) is 17.0 Å². The van der Waals surface area contributed by atoms with Crippen LogP contribution < -0.4 is 11.1 Å². The highest BCUT2D eigenvalue weighted by Gasteiger charge is 2.14. The number of nitro benzene ring substituents is 1. The lowest BCUT2D eigenvalue weighted by Crippen LogP contribution is -2.15. The van der Waals surface area contributed by atoms with Crippen molar-refractivity contribution in [3.8, 4) is 0 Å². The monoisotopic (exact) mass is 285 g/mol. The van der Waals surface area contributed by atoms with Crippen molar-refractivity contribution in [1.29, 1.82) is 0 Å². The van der Waals surface area contributed by atoms with Crippen LogP contribution >= 0.6 is 0 Å². The van der Waals surface area contributed by atoms with Gasteiger partial charge in [-0.05, 0) is 30.2 Å². The molecule has 0 unspecified atom stereocenters. The van der Waals surface area contributed by atoms with Crippen molar-refractivity contribution in [2.24, 2.45) is 5.73 Å². The molecule has 0 aromatic heterocycles. The normalized spacial score (nSPS) is 10.2. The summed E-state index contributed by atoms with van der Waals surface area (Å²) in [6.07, 6.45) is 0. The van der Waals surface area contributed by atoms with E-state index in [-0.39, 0.29) is 11.6 Å². The van der Waals surface area contributed by atoms with Gasteiger partial charge in [0.15, 0.2) is 0 Å². The van der Waals surface area contributed by atoms with Gasteiger partial charge in [-0.1, -0.05) is 18.2 Å². The van der Waals surface area contributed by atoms with Crippen molar-refractivity contribution in [3.05, 3.63) is 69.3 Å². The van der Waals surface area contributed by atoms with Crippen molar-refractivity contribution in [2.75, 3.05) is 5.32 Å². The van der Waals surface area contributed by atoms with Gasteiger partial charge in [0.05, 0.1) is 4.92 Å². The molecule has 108 valence electrons. The van der Waals surface area contributed by atoms with E-state index in [0.29, 0.717) is 23.4 Å². The number of amides is 1. The lowest BCUT2D eigenvalue weighted by molar-refractivity contribution is -0.384. The Hall–Kier alpha value is -2.73. The number of rotatable bonds is 4. The number of carbonyl (C=O) groups excluding carboxylic acids is 1. The summed E-state index contributed by atoms with van der Waals surface area (Å²) in [5.74, 6) is -0.316. The molecule has 2 rings (SSSR count). The van der Waals surface area contributed by atoms with Gasteiger partial charge in [-0.25, -0.2) is 0 Å². The Morgan fingerprint density at radius 2 is 2.00 bits per heavy atom. The number of nitrogens with one attached hydrogen (secondary N) is 1. The summed E-state index contributed by atoms with van der Waals surface area (Å²) in [6, 6.07) is 11.4. The summed E-state index contributed by atoms with van der Waals surface area (Å²) in [4.78, 5) is 22.5. The van der Waals surface area contributed by atoms with Crippen molar-refractivity contribution in [1.82, 2.24) is 0 Å². The second-order valence-electron chi connectivity index (χ2n) is 4.57. The molecule has 2 aromatic rings. The zero-order chi connectivity index (χ0) is 15.4. The number of nitrogens with zero attached hydrogens (tertiary/aromatic N) is 1. The zero-order valence-electron chi connectivity index (χ0n) is 11.5. The van der Waals surface area contributed by atoms with Crippen LogP contribution in [0.3, 0.4) is 0 Å². The molecule has 0 aliphatic heterocycles. The van der Waals surface area contributed by atoms with Gasteiger partial charge in [0.25, 0.3) is 11.6 Å². The fourth-order valence-electron chi connectivity index (χ4n) is 2.03. The first-order valence-electron chi connectivity index (χ1n) is 6.37. The molecule has 0 saturated heterocycles. The molecule has 0 fully saturated rings. The average molecular weight is 285 g/mol. The summed E-state index contributed by atoms with van der Waals surface area (Å²) in [5, 5.41) is 13.5. The van der Waals surface area contributed by atoms with Gasteiger partial charge < -0.3 is 11.1 Å². The Morgan fingerprint density at radius 3 is 2.62 bits per heavy atom. The highest BCUT2D eigenvalue weighted by molar-refractivity contribution is 6.05. The van der Waals surface area contributed by atoms with Gasteiger partial charge in [0.2, 0.25) is 0 Å². The molecule has 0 saturated carbocycles. The molecule has 3 N–H and O–H groups in total. The SMILES string of the molecule is Cc1cc([N+](=O)[O-])ccc1C(=O)Nc1ccccc1CN. The first kappa shape index (κ1) is 14.7. The molecule has 6 nitrogen and oxygen atoms in total. The fourth-order valence-corrected chi connectivity index (χ4v) is 2.03. The summed E-state index contributed by atoms with van der Waals surface area (Å²) in [7, 11) is 0. The molecule has 0 atom stereocenters. The molecule has 0 bridgehead atoms. The highest BCUT2D eigenvalue weighted by Crippen LogP contribution is 2.20. The van der Waals surface area contributed by atoms with Gasteiger partial charge >= 0.3 is 0 Å². The predicted molar refractivity (Wildman–Crippen MR) is 80.1 cm³/mol. The van der Waals surface area contributed by atoms with Crippen LogP contribution in [-0.2, 0) is 6.54 Å². The van der Waals surface area contributed by atoms with E-state index < -0.39 is 4.92 Å². The largest absolute Gasteiger partial charge is 0.326 e. The predicted octanol–water partition coefficient (Wildman–Crippen LogP) is 2.61. The van der Waals surface area contributed by atoms with E-state index in [4.69, 9.17) is 5.73 Å². The Balaban J connectivity index is 2.26. The Morgan fingerprint density at radius 1 is 1.29 bits per heavy atom. The number of nitro groups is 1. The molecule has 0 spiro atoms. The standard InChI is InChI=1S/C15H15N3O3/c1-10-8-12(18(20)21)6-7-13(10)15(19)17-14-5-3-2-4-11(14)9-16/h2-8H,9,16H2,1H3,(H,17,19). The number of hydrogen-bond donors (Lipinski definition) is 2. The van der Waals surface area contributed by atoms with Crippen LogP contribution in [0.1, 0.15) is 21.5 Å². The minimum atomic E-state index is -0.488. The molecule has 1 amide bonds. The Bertz CT molecular complexity index is 698. The van der Waals surface area contributed by atoms with Gasteiger partial charge in [0.1, 0.15) is 0 Å². The maximum Gasteiger partial charge on any atom is 0.269 e. The molecule has 0 heterocycles. The van der Waals surface area contributed by atoms with E-state index in [1.165, 1.54) is 18.2 Å². The summed E-state index contributed by atoms with van der Waals surface area (Å²) >= 11 is 0. The number of non-ortho nitro benzene ring substituents is 1. The van der Waals surface area contributed by atoms with Gasteiger partial charge in [-0.15, -0.1) is 0 Å². The number of carbonyl (C=O) groups is 1. The number of para-hydroxylation sites is 1. The number of benzene rings is 2. The van der Waals surface area contributed by atoms with E-state index in [1.807, 2.05) is 12.1 Å². The van der Waals surface area contributed by atoms with E-state index in [9.17, 15) is 14.9 Å². The van der Waals surface area contributed by atoms with Gasteiger partial charge in [-0.2, -0.15) is 0 Å². The second-order valence-corrected chi connectivity index (χ2v) is 4.57.